The van der Waals surface area contributed by atoms with Crippen LogP contribution in [0.3, 0.4) is 0 Å². The van der Waals surface area contributed by atoms with E-state index in [0.29, 0.717) is 11.5 Å². The van der Waals surface area contributed by atoms with Crippen LogP contribution in [0.15, 0.2) is 184 Å². The topological polar surface area (TPSA) is 144 Å². The first-order valence-corrected chi connectivity index (χ1v) is 26.1. The Labute approximate surface area is 404 Å². The lowest BCUT2D eigenvalue weighted by molar-refractivity contribution is -0.171. The van der Waals surface area contributed by atoms with Crippen LogP contribution >= 0.6 is 0 Å². The van der Waals surface area contributed by atoms with Gasteiger partial charge in [0.15, 0.2) is 0 Å². The maximum atomic E-state index is 14.4. The highest BCUT2D eigenvalue weighted by Gasteiger charge is 2.60. The standard InChI is InChI=1S/C55H58N2O10SSi/c1-39-23-33-46(34-24-39)68(60,61)65-38-54(37-64-55(41-17-11-8-12-18-41,42-25-29-44(62-6)30-26-42)43-27-31-45(63-7)32-28-43)49(35-50(66-54)57-36-40(2)51(58)56-52(57)59)67-69(53(3,4)5,47-19-13-9-14-20-47)48-21-15-10-16-22-48/h8-34,36,49-50H,35,37-38H2,1-7H3,(H,56,58,59)/t49-,50+,54+/m0/s1. The third-order valence-electron chi connectivity index (χ3n) is 13.0. The number of hydrogen-bond acceptors (Lipinski definition) is 10. The molecule has 6 aromatic carbocycles. The fourth-order valence-electron chi connectivity index (χ4n) is 9.37. The maximum absolute atomic E-state index is 14.4. The van der Waals surface area contributed by atoms with Gasteiger partial charge in [0.05, 0.1) is 31.8 Å². The molecule has 1 fully saturated rings. The van der Waals surface area contributed by atoms with Gasteiger partial charge in [-0.1, -0.05) is 154 Å². The second-order valence-electron chi connectivity index (χ2n) is 18.4. The van der Waals surface area contributed by atoms with E-state index in [2.05, 4.69) is 50.0 Å². The van der Waals surface area contributed by atoms with E-state index < -0.39 is 64.9 Å². The predicted molar refractivity (Wildman–Crippen MR) is 269 cm³/mol. The Morgan fingerprint density at radius 2 is 1.17 bits per heavy atom. The van der Waals surface area contributed by atoms with Gasteiger partial charge in [-0.25, -0.2) is 4.79 Å². The van der Waals surface area contributed by atoms with Crippen molar-refractivity contribution in [3.8, 4) is 11.5 Å². The van der Waals surface area contributed by atoms with Crippen molar-refractivity contribution in [2.45, 2.75) is 74.5 Å². The zero-order valence-corrected chi connectivity index (χ0v) is 41.7. The van der Waals surface area contributed by atoms with Gasteiger partial charge in [-0.2, -0.15) is 8.42 Å². The summed E-state index contributed by atoms with van der Waals surface area (Å²) in [6.45, 7) is 8.96. The van der Waals surface area contributed by atoms with E-state index in [0.717, 1.165) is 32.6 Å². The summed E-state index contributed by atoms with van der Waals surface area (Å²) in [4.78, 5) is 29.1. The molecule has 3 atom stereocenters. The van der Waals surface area contributed by atoms with Crippen molar-refractivity contribution in [1.82, 2.24) is 9.55 Å². The van der Waals surface area contributed by atoms with Crippen LogP contribution in [0.5, 0.6) is 11.5 Å². The van der Waals surface area contributed by atoms with Crippen molar-refractivity contribution in [1.29, 1.82) is 0 Å². The first-order chi connectivity index (χ1) is 33.0. The Bertz CT molecular complexity index is 2980. The molecule has 0 saturated carbocycles. The van der Waals surface area contributed by atoms with E-state index in [9.17, 15) is 18.0 Å². The SMILES string of the molecule is COc1ccc(C(OC[C@]2(COS(=O)(=O)c3ccc(C)cc3)O[C@@H](n3cc(C)c(=O)[nH]c3=O)C[C@@H]2O[Si](c2ccccc2)(c2ccccc2)C(C)(C)C)(c2ccccc2)c2ccc(OC)cc2)cc1. The van der Waals surface area contributed by atoms with Gasteiger partial charge >= 0.3 is 5.69 Å². The molecule has 0 amide bonds. The summed E-state index contributed by atoms with van der Waals surface area (Å²) in [5.74, 6) is 1.26. The second kappa shape index (κ2) is 19.9. The minimum absolute atomic E-state index is 0.0244. The van der Waals surface area contributed by atoms with Crippen LogP contribution in [-0.4, -0.2) is 65.4 Å². The molecule has 8 rings (SSSR count). The number of methoxy groups -OCH3 is 2. The molecular formula is C55H58N2O10SSi. The Kier molecular flexibility index (Phi) is 14.2. The van der Waals surface area contributed by atoms with Crippen LogP contribution in [-0.2, 0) is 33.8 Å². The van der Waals surface area contributed by atoms with Crippen molar-refractivity contribution in [3.63, 3.8) is 0 Å². The van der Waals surface area contributed by atoms with E-state index in [4.69, 9.17) is 27.6 Å². The maximum Gasteiger partial charge on any atom is 0.330 e. The summed E-state index contributed by atoms with van der Waals surface area (Å²) in [6.07, 6.45) is -0.647. The molecule has 1 aliphatic heterocycles. The lowest BCUT2D eigenvalue weighted by Gasteiger charge is -2.47. The fourth-order valence-corrected chi connectivity index (χ4v) is 15.1. The number of rotatable bonds is 17. The van der Waals surface area contributed by atoms with Crippen LogP contribution in [0.1, 0.15) is 61.2 Å². The molecule has 69 heavy (non-hydrogen) atoms. The molecular weight excluding hydrogens is 909 g/mol. The Balaban J connectivity index is 1.39. The first kappa shape index (κ1) is 49.0. The molecule has 14 heteroatoms. The van der Waals surface area contributed by atoms with Crippen LogP contribution in [0.25, 0.3) is 0 Å². The number of ether oxygens (including phenoxy) is 4. The van der Waals surface area contributed by atoms with E-state index in [-0.39, 0.29) is 23.5 Å². The quantitative estimate of drug-likeness (QED) is 0.0539. The van der Waals surface area contributed by atoms with Crippen LogP contribution in [0.2, 0.25) is 5.04 Å². The summed E-state index contributed by atoms with van der Waals surface area (Å²) in [6, 6.07) is 51.4. The van der Waals surface area contributed by atoms with Gasteiger partial charge in [-0.3, -0.25) is 18.5 Å². The largest absolute Gasteiger partial charge is 0.497 e. The normalized spacial score (nSPS) is 17.7. The highest BCUT2D eigenvalue weighted by molar-refractivity contribution is 7.86. The first-order valence-electron chi connectivity index (χ1n) is 22.8. The molecule has 0 unspecified atom stereocenters. The summed E-state index contributed by atoms with van der Waals surface area (Å²) < 4.78 is 70.5. The third kappa shape index (κ3) is 9.65. The molecule has 0 radical (unpaired) electrons. The average Bonchev–Trinajstić information content (AvgIpc) is 3.72. The lowest BCUT2D eigenvalue weighted by Crippen LogP contribution is -2.69. The summed E-state index contributed by atoms with van der Waals surface area (Å²) in [5, 5.41) is 1.37. The average molecular weight is 967 g/mol. The summed E-state index contributed by atoms with van der Waals surface area (Å²) >= 11 is 0. The van der Waals surface area contributed by atoms with Crippen molar-refractivity contribution >= 4 is 28.8 Å². The van der Waals surface area contributed by atoms with Gasteiger partial charge in [0.1, 0.15) is 35.5 Å². The Morgan fingerprint density at radius 1 is 0.681 bits per heavy atom. The van der Waals surface area contributed by atoms with Gasteiger partial charge in [0.25, 0.3) is 24.0 Å². The van der Waals surface area contributed by atoms with Crippen molar-refractivity contribution in [2.24, 2.45) is 0 Å². The van der Waals surface area contributed by atoms with Crippen molar-refractivity contribution in [3.05, 3.63) is 219 Å². The van der Waals surface area contributed by atoms with E-state index >= 15 is 0 Å². The molecule has 1 saturated heterocycles. The number of benzene rings is 6. The molecule has 0 aliphatic carbocycles. The molecule has 2 heterocycles. The number of hydrogen-bond donors (Lipinski definition) is 1. The summed E-state index contributed by atoms with van der Waals surface area (Å²) in [5.41, 5.74) is -1.12. The van der Waals surface area contributed by atoms with Gasteiger partial charge in [-0.05, 0) is 82.3 Å². The van der Waals surface area contributed by atoms with Gasteiger partial charge in [0.2, 0.25) is 0 Å². The number of nitrogens with one attached hydrogen (secondary N) is 1. The Morgan fingerprint density at radius 3 is 1.67 bits per heavy atom. The second-order valence-corrected chi connectivity index (χ2v) is 24.3. The minimum Gasteiger partial charge on any atom is -0.497 e. The number of aromatic nitrogens is 2. The predicted octanol–water partition coefficient (Wildman–Crippen LogP) is 8.19. The van der Waals surface area contributed by atoms with Gasteiger partial charge in [0, 0.05) is 18.2 Å². The van der Waals surface area contributed by atoms with Crippen LogP contribution in [0.4, 0.5) is 0 Å². The molecule has 1 aromatic heterocycles. The van der Waals surface area contributed by atoms with Gasteiger partial charge in [-0.15, -0.1) is 0 Å². The number of nitrogens with zero attached hydrogens (tertiary/aromatic N) is 1. The monoisotopic (exact) mass is 966 g/mol. The zero-order chi connectivity index (χ0) is 49.0. The molecule has 1 aliphatic rings. The number of aromatic amines is 1. The van der Waals surface area contributed by atoms with Gasteiger partial charge < -0.3 is 23.4 Å². The molecule has 0 spiro atoms. The van der Waals surface area contributed by atoms with Crippen LogP contribution in [0, 0.1) is 13.8 Å². The molecule has 0 bridgehead atoms. The lowest BCUT2D eigenvalue weighted by atomic mass is 9.79. The fraction of sp³-hybridized carbons (Fsp3) is 0.273. The smallest absolute Gasteiger partial charge is 0.330 e. The molecule has 7 aromatic rings. The molecule has 1 N–H and O–H groups in total. The van der Waals surface area contributed by atoms with Crippen molar-refractivity contribution in [2.75, 3.05) is 27.4 Å². The molecule has 12 nitrogen and oxygen atoms in total. The van der Waals surface area contributed by atoms with Crippen molar-refractivity contribution < 1.29 is 36.0 Å². The Hall–Kier alpha value is -6.39. The van der Waals surface area contributed by atoms with E-state index in [1.165, 1.54) is 22.9 Å². The van der Waals surface area contributed by atoms with E-state index in [1.807, 2.05) is 122 Å². The summed E-state index contributed by atoms with van der Waals surface area (Å²) in [7, 11) is -4.77. The third-order valence-corrected chi connectivity index (χ3v) is 19.4. The zero-order valence-electron chi connectivity index (χ0n) is 39.9. The van der Waals surface area contributed by atoms with Crippen LogP contribution < -0.4 is 31.1 Å². The molecule has 358 valence electrons. The number of H-pyrrole nitrogens is 1. The number of aryl methyl sites for hydroxylation is 2. The highest BCUT2D eigenvalue weighted by Crippen LogP contribution is 2.48. The minimum atomic E-state index is -4.45. The van der Waals surface area contributed by atoms with E-state index in [1.54, 1.807) is 33.3 Å². The highest BCUT2D eigenvalue weighted by atomic mass is 32.2.